The number of carbonyl (C=O) groups excluding carboxylic acids is 3. The number of benzene rings is 2. The van der Waals surface area contributed by atoms with Crippen LogP contribution in [0.5, 0.6) is 0 Å². The second kappa shape index (κ2) is 7.87. The van der Waals surface area contributed by atoms with Crippen molar-refractivity contribution in [2.24, 2.45) is 0 Å². The van der Waals surface area contributed by atoms with E-state index in [4.69, 9.17) is 11.6 Å². The number of anilines is 1. The molecule has 1 atom stereocenters. The molecule has 0 bridgehead atoms. The van der Waals surface area contributed by atoms with Gasteiger partial charge in [0.1, 0.15) is 11.1 Å². The van der Waals surface area contributed by atoms with Crippen LogP contribution in [0.25, 0.3) is 0 Å². The molecule has 9 heteroatoms. The first-order valence-corrected chi connectivity index (χ1v) is 9.59. The van der Waals surface area contributed by atoms with Gasteiger partial charge in [0, 0.05) is 17.2 Å². The van der Waals surface area contributed by atoms with Crippen LogP contribution in [0.3, 0.4) is 0 Å². The van der Waals surface area contributed by atoms with E-state index in [1.807, 2.05) is 0 Å². The SMILES string of the molecule is CC(C)(C)N(C(=O)c1ccc(Cl)c([N+](=O)[O-])c1)C1CC(=O)N(c2ccccc2)C1=O. The largest absolute Gasteiger partial charge is 0.321 e. The number of rotatable bonds is 4. The fourth-order valence-corrected chi connectivity index (χ4v) is 3.69. The van der Waals surface area contributed by atoms with Gasteiger partial charge in [-0.25, -0.2) is 4.90 Å². The molecule has 0 N–H and O–H groups in total. The fraction of sp³-hybridized carbons (Fsp3) is 0.286. The quantitative estimate of drug-likeness (QED) is 0.417. The molecule has 1 aliphatic rings. The summed E-state index contributed by atoms with van der Waals surface area (Å²) in [6.45, 7) is 5.20. The normalized spacial score (nSPS) is 16.7. The first kappa shape index (κ1) is 21.4. The summed E-state index contributed by atoms with van der Waals surface area (Å²) in [7, 11) is 0. The van der Waals surface area contributed by atoms with Crippen molar-refractivity contribution in [3.8, 4) is 0 Å². The molecule has 0 aliphatic carbocycles. The van der Waals surface area contributed by atoms with E-state index in [2.05, 4.69) is 0 Å². The lowest BCUT2D eigenvalue weighted by molar-refractivity contribution is -0.384. The first-order valence-electron chi connectivity index (χ1n) is 9.22. The highest BCUT2D eigenvalue weighted by atomic mass is 35.5. The molecule has 2 aromatic carbocycles. The highest BCUT2D eigenvalue weighted by Crippen LogP contribution is 2.32. The number of para-hydroxylation sites is 1. The Balaban J connectivity index is 2.01. The van der Waals surface area contributed by atoms with Crippen molar-refractivity contribution in [1.29, 1.82) is 0 Å². The second-order valence-corrected chi connectivity index (χ2v) is 8.30. The molecular weight excluding hydrogens is 410 g/mol. The molecule has 0 spiro atoms. The zero-order chi connectivity index (χ0) is 22.2. The van der Waals surface area contributed by atoms with Gasteiger partial charge in [0.2, 0.25) is 5.91 Å². The van der Waals surface area contributed by atoms with E-state index in [0.29, 0.717) is 5.69 Å². The standard InChI is InChI=1S/C21H20ClN3O5/c1-21(2,3)24(19(27)13-9-10-15(22)16(11-13)25(29)30)17-12-18(26)23(20(17)28)14-7-5-4-6-8-14/h4-11,17H,12H2,1-3H3. The average Bonchev–Trinajstić information content (AvgIpc) is 2.95. The number of nitro benzene ring substituents is 1. The van der Waals surface area contributed by atoms with Crippen LogP contribution < -0.4 is 4.90 Å². The van der Waals surface area contributed by atoms with Crippen LogP contribution in [-0.2, 0) is 9.59 Å². The Labute approximate surface area is 178 Å². The van der Waals surface area contributed by atoms with E-state index in [1.54, 1.807) is 51.1 Å². The van der Waals surface area contributed by atoms with Crippen molar-refractivity contribution < 1.29 is 19.3 Å². The molecule has 1 aliphatic heterocycles. The Morgan fingerprint density at radius 3 is 2.37 bits per heavy atom. The van der Waals surface area contributed by atoms with Gasteiger partial charge in [-0.15, -0.1) is 0 Å². The molecule has 3 amide bonds. The molecule has 30 heavy (non-hydrogen) atoms. The lowest BCUT2D eigenvalue weighted by Crippen LogP contribution is -2.54. The molecule has 1 unspecified atom stereocenters. The lowest BCUT2D eigenvalue weighted by Gasteiger charge is -2.39. The highest BCUT2D eigenvalue weighted by Gasteiger charge is 2.47. The number of nitrogens with zero attached hydrogens (tertiary/aromatic N) is 3. The predicted molar refractivity (Wildman–Crippen MR) is 111 cm³/mol. The van der Waals surface area contributed by atoms with Crippen LogP contribution >= 0.6 is 11.6 Å². The Morgan fingerprint density at radius 2 is 1.80 bits per heavy atom. The van der Waals surface area contributed by atoms with Crippen LogP contribution in [0.2, 0.25) is 5.02 Å². The third kappa shape index (κ3) is 3.91. The van der Waals surface area contributed by atoms with Crippen LogP contribution in [0.4, 0.5) is 11.4 Å². The summed E-state index contributed by atoms with van der Waals surface area (Å²) in [5, 5.41) is 11.1. The smallest absolute Gasteiger partial charge is 0.288 e. The van der Waals surface area contributed by atoms with Crippen molar-refractivity contribution in [3.05, 3.63) is 69.2 Å². The third-order valence-corrected chi connectivity index (χ3v) is 5.10. The van der Waals surface area contributed by atoms with Gasteiger partial charge in [0.15, 0.2) is 0 Å². The maximum Gasteiger partial charge on any atom is 0.288 e. The number of nitro groups is 1. The molecule has 0 saturated carbocycles. The molecule has 156 valence electrons. The molecule has 1 fully saturated rings. The Morgan fingerprint density at radius 1 is 1.17 bits per heavy atom. The van der Waals surface area contributed by atoms with E-state index in [0.717, 1.165) is 11.0 Å². The van der Waals surface area contributed by atoms with E-state index in [9.17, 15) is 24.5 Å². The van der Waals surface area contributed by atoms with Gasteiger partial charge in [-0.05, 0) is 45.0 Å². The molecular formula is C21H20ClN3O5. The Bertz CT molecular complexity index is 1030. The number of amides is 3. The molecule has 2 aromatic rings. The molecule has 0 aromatic heterocycles. The zero-order valence-electron chi connectivity index (χ0n) is 16.7. The summed E-state index contributed by atoms with van der Waals surface area (Å²) in [5.74, 6) is -1.53. The summed E-state index contributed by atoms with van der Waals surface area (Å²) in [5.41, 5.74) is -0.798. The summed E-state index contributed by atoms with van der Waals surface area (Å²) in [6.07, 6.45) is -0.174. The zero-order valence-corrected chi connectivity index (χ0v) is 17.4. The van der Waals surface area contributed by atoms with Gasteiger partial charge < -0.3 is 4.90 Å². The van der Waals surface area contributed by atoms with Crippen molar-refractivity contribution in [2.75, 3.05) is 4.90 Å². The Hall–Kier alpha value is -3.26. The topological polar surface area (TPSA) is 101 Å². The minimum Gasteiger partial charge on any atom is -0.321 e. The maximum absolute atomic E-state index is 13.3. The summed E-state index contributed by atoms with van der Waals surface area (Å²) in [6, 6.07) is 11.2. The number of halogens is 1. The minimum atomic E-state index is -1.03. The molecule has 3 rings (SSSR count). The molecule has 1 heterocycles. The van der Waals surface area contributed by atoms with E-state index in [1.165, 1.54) is 17.0 Å². The van der Waals surface area contributed by atoms with Gasteiger partial charge in [-0.1, -0.05) is 29.8 Å². The fourth-order valence-electron chi connectivity index (χ4n) is 3.50. The van der Waals surface area contributed by atoms with Gasteiger partial charge in [0.05, 0.1) is 17.0 Å². The molecule has 8 nitrogen and oxygen atoms in total. The van der Waals surface area contributed by atoms with Gasteiger partial charge in [-0.3, -0.25) is 24.5 Å². The first-order chi connectivity index (χ1) is 14.0. The number of hydrogen-bond donors (Lipinski definition) is 0. The average molecular weight is 430 g/mol. The highest BCUT2D eigenvalue weighted by molar-refractivity contribution is 6.32. The van der Waals surface area contributed by atoms with E-state index in [-0.39, 0.29) is 17.0 Å². The summed E-state index contributed by atoms with van der Waals surface area (Å²) in [4.78, 5) is 52.0. The second-order valence-electron chi connectivity index (χ2n) is 7.89. The lowest BCUT2D eigenvalue weighted by atomic mass is 9.99. The van der Waals surface area contributed by atoms with Crippen LogP contribution in [0.1, 0.15) is 37.6 Å². The molecule has 0 radical (unpaired) electrons. The van der Waals surface area contributed by atoms with Gasteiger partial charge in [-0.2, -0.15) is 0 Å². The maximum atomic E-state index is 13.3. The van der Waals surface area contributed by atoms with Crippen LogP contribution in [-0.4, -0.2) is 39.1 Å². The minimum absolute atomic E-state index is 0.0134. The monoisotopic (exact) mass is 429 g/mol. The summed E-state index contributed by atoms with van der Waals surface area (Å²) >= 11 is 5.85. The van der Waals surface area contributed by atoms with E-state index >= 15 is 0 Å². The number of carbonyl (C=O) groups is 3. The van der Waals surface area contributed by atoms with Crippen molar-refractivity contribution in [2.45, 2.75) is 38.8 Å². The van der Waals surface area contributed by atoms with Crippen LogP contribution in [0.15, 0.2) is 48.5 Å². The van der Waals surface area contributed by atoms with Crippen molar-refractivity contribution in [3.63, 3.8) is 0 Å². The Kier molecular flexibility index (Phi) is 5.63. The number of hydrogen-bond acceptors (Lipinski definition) is 5. The van der Waals surface area contributed by atoms with Crippen LogP contribution in [0, 0.1) is 10.1 Å². The summed E-state index contributed by atoms with van der Waals surface area (Å²) < 4.78 is 0. The number of imide groups is 1. The van der Waals surface area contributed by atoms with Gasteiger partial charge in [0.25, 0.3) is 17.5 Å². The van der Waals surface area contributed by atoms with E-state index < -0.39 is 39.9 Å². The predicted octanol–water partition coefficient (Wildman–Crippen LogP) is 3.82. The third-order valence-electron chi connectivity index (χ3n) is 4.78. The van der Waals surface area contributed by atoms with Gasteiger partial charge >= 0.3 is 0 Å². The van der Waals surface area contributed by atoms with Crippen molar-refractivity contribution >= 4 is 40.7 Å². The van der Waals surface area contributed by atoms with Crippen molar-refractivity contribution in [1.82, 2.24) is 4.90 Å². The molecule has 1 saturated heterocycles.